The third-order valence-electron chi connectivity index (χ3n) is 6.59. The second-order valence-electron chi connectivity index (χ2n) is 9.16. The first-order valence-electron chi connectivity index (χ1n) is 11.7. The molecule has 0 unspecified atom stereocenters. The Labute approximate surface area is 209 Å². The molecular weight excluding hydrogens is 476 g/mol. The third-order valence-corrected chi connectivity index (χ3v) is 8.11. The topological polar surface area (TPSA) is 146 Å². The molecule has 10 heteroatoms. The molecule has 1 fully saturated rings. The molecule has 1 saturated carbocycles. The Morgan fingerprint density at radius 2 is 1.75 bits per heavy atom. The Hall–Kier alpha value is -3.78. The van der Waals surface area contributed by atoms with Crippen LogP contribution in [0.2, 0.25) is 0 Å². The number of nitrogens with two attached hydrogens (primary N) is 1. The van der Waals surface area contributed by atoms with E-state index < -0.39 is 10.0 Å². The predicted octanol–water partition coefficient (Wildman–Crippen LogP) is 3.41. The minimum atomic E-state index is -3.74. The Bertz CT molecular complexity index is 1580. The van der Waals surface area contributed by atoms with Crippen molar-refractivity contribution >= 4 is 21.5 Å². The summed E-state index contributed by atoms with van der Waals surface area (Å²) >= 11 is 0. The first-order valence-corrected chi connectivity index (χ1v) is 13.2. The van der Waals surface area contributed by atoms with Gasteiger partial charge in [-0.15, -0.1) is 0 Å². The number of anilines is 1. The predicted molar refractivity (Wildman–Crippen MR) is 136 cm³/mol. The number of fused-ring (bicyclic) bond motifs is 1. The minimum Gasteiger partial charge on any atom is -0.393 e. The zero-order valence-electron chi connectivity index (χ0n) is 19.7. The zero-order valence-corrected chi connectivity index (χ0v) is 20.5. The number of benzene rings is 2. The van der Waals surface area contributed by atoms with Crippen molar-refractivity contribution in [2.75, 3.05) is 5.73 Å². The van der Waals surface area contributed by atoms with Crippen LogP contribution in [0.5, 0.6) is 0 Å². The number of nitrogen functional groups attached to an aromatic ring is 1. The number of aliphatic hydroxyl groups excluding tert-OH is 1. The van der Waals surface area contributed by atoms with Gasteiger partial charge in [-0.1, -0.05) is 18.2 Å². The van der Waals surface area contributed by atoms with Crippen molar-refractivity contribution in [1.29, 1.82) is 5.26 Å². The molecule has 0 aliphatic heterocycles. The van der Waals surface area contributed by atoms with Crippen molar-refractivity contribution in [3.05, 3.63) is 66.0 Å². The van der Waals surface area contributed by atoms with Crippen LogP contribution in [0.3, 0.4) is 0 Å². The van der Waals surface area contributed by atoms with Gasteiger partial charge in [0.05, 0.1) is 34.0 Å². The molecule has 5 rings (SSSR count). The van der Waals surface area contributed by atoms with E-state index in [0.717, 1.165) is 11.1 Å². The maximum Gasteiger partial charge on any atom is 0.240 e. The second kappa shape index (κ2) is 9.35. The number of nitrogens with one attached hydrogen (secondary N) is 1. The van der Waals surface area contributed by atoms with Crippen molar-refractivity contribution in [3.8, 4) is 28.6 Å². The van der Waals surface area contributed by atoms with Gasteiger partial charge < -0.3 is 15.2 Å². The third kappa shape index (κ3) is 4.68. The number of nitrogens with zero attached hydrogens (tertiary/aromatic N) is 4. The van der Waals surface area contributed by atoms with Crippen LogP contribution < -0.4 is 10.5 Å². The molecule has 0 saturated heterocycles. The fraction of sp³-hybridized carbons (Fsp3) is 0.269. The lowest BCUT2D eigenvalue weighted by Crippen LogP contribution is -2.38. The lowest BCUT2D eigenvalue weighted by atomic mass is 9.94. The van der Waals surface area contributed by atoms with Gasteiger partial charge in [0.15, 0.2) is 11.5 Å². The quantitative estimate of drug-likeness (QED) is 0.379. The average Bonchev–Trinajstić information content (AvgIpc) is 3.30. The SMILES string of the molecule is Cc1ccc(S(=O)(=O)NC2CCC(O)CC2)cc1-c1cn2cc(-c3ccc(C#N)cc3)nc(N)c2n1. The van der Waals surface area contributed by atoms with E-state index in [0.29, 0.717) is 53.8 Å². The molecule has 4 aromatic rings. The van der Waals surface area contributed by atoms with Crippen LogP contribution >= 0.6 is 0 Å². The van der Waals surface area contributed by atoms with Crippen LogP contribution in [0.1, 0.15) is 36.8 Å². The van der Waals surface area contributed by atoms with E-state index in [2.05, 4.69) is 20.8 Å². The van der Waals surface area contributed by atoms with Gasteiger partial charge in [0.1, 0.15) is 0 Å². The smallest absolute Gasteiger partial charge is 0.240 e. The standard InChI is InChI=1S/C26H26N6O3S/c1-16-2-11-21(36(34,35)31-19-7-9-20(33)10-8-19)12-22(16)24-15-32-14-23(29-25(28)26(32)30-24)18-5-3-17(13-27)4-6-18/h2-6,11-12,14-15,19-20,31,33H,7-10H2,1H3,(H2,28,29). The Balaban J connectivity index is 1.48. The van der Waals surface area contributed by atoms with Gasteiger partial charge in [0, 0.05) is 29.6 Å². The highest BCUT2D eigenvalue weighted by molar-refractivity contribution is 7.89. The fourth-order valence-corrected chi connectivity index (χ4v) is 5.86. The number of aryl methyl sites for hydroxylation is 1. The highest BCUT2D eigenvalue weighted by Gasteiger charge is 2.25. The van der Waals surface area contributed by atoms with E-state index in [1.165, 1.54) is 0 Å². The normalized spacial score (nSPS) is 18.2. The molecule has 0 amide bonds. The molecule has 36 heavy (non-hydrogen) atoms. The first kappa shape index (κ1) is 23.9. The van der Waals surface area contributed by atoms with Crippen LogP contribution in [0, 0.1) is 18.3 Å². The Morgan fingerprint density at radius 3 is 2.44 bits per heavy atom. The molecule has 184 valence electrons. The zero-order chi connectivity index (χ0) is 25.4. The molecule has 0 spiro atoms. The maximum atomic E-state index is 13.1. The summed E-state index contributed by atoms with van der Waals surface area (Å²) in [5, 5.41) is 18.7. The van der Waals surface area contributed by atoms with Crippen molar-refractivity contribution in [2.24, 2.45) is 0 Å². The summed E-state index contributed by atoms with van der Waals surface area (Å²) in [5.41, 5.74) is 10.8. The van der Waals surface area contributed by atoms with Gasteiger partial charge in [-0.2, -0.15) is 5.26 Å². The summed E-state index contributed by atoms with van der Waals surface area (Å²) in [4.78, 5) is 9.28. The van der Waals surface area contributed by atoms with Crippen LogP contribution in [-0.4, -0.2) is 40.0 Å². The van der Waals surface area contributed by atoms with Crippen molar-refractivity contribution in [2.45, 2.75) is 49.6 Å². The molecule has 9 nitrogen and oxygen atoms in total. The van der Waals surface area contributed by atoms with E-state index >= 15 is 0 Å². The number of rotatable bonds is 5. The lowest BCUT2D eigenvalue weighted by Gasteiger charge is -2.26. The van der Waals surface area contributed by atoms with E-state index in [1.54, 1.807) is 47.1 Å². The summed E-state index contributed by atoms with van der Waals surface area (Å²) in [6.45, 7) is 1.90. The summed E-state index contributed by atoms with van der Waals surface area (Å²) in [5.74, 6) is 0.241. The van der Waals surface area contributed by atoms with Gasteiger partial charge in [0.25, 0.3) is 0 Å². The number of sulfonamides is 1. The van der Waals surface area contributed by atoms with Gasteiger partial charge in [-0.05, 0) is 62.4 Å². The largest absolute Gasteiger partial charge is 0.393 e. The molecule has 2 heterocycles. The molecule has 1 aliphatic rings. The minimum absolute atomic E-state index is 0.163. The molecule has 0 bridgehead atoms. The van der Waals surface area contributed by atoms with E-state index in [-0.39, 0.29) is 22.9 Å². The van der Waals surface area contributed by atoms with Gasteiger partial charge >= 0.3 is 0 Å². The molecular formula is C26H26N6O3S. The average molecular weight is 503 g/mol. The molecule has 1 aliphatic carbocycles. The van der Waals surface area contributed by atoms with Crippen LogP contribution in [-0.2, 0) is 10.0 Å². The fourth-order valence-electron chi connectivity index (χ4n) is 4.53. The van der Waals surface area contributed by atoms with E-state index in [4.69, 9.17) is 11.0 Å². The monoisotopic (exact) mass is 502 g/mol. The molecule has 0 atom stereocenters. The van der Waals surface area contributed by atoms with Crippen molar-refractivity contribution in [1.82, 2.24) is 19.1 Å². The summed E-state index contributed by atoms with van der Waals surface area (Å²) in [7, 11) is -3.74. The number of aliphatic hydroxyl groups is 1. The number of hydrogen-bond donors (Lipinski definition) is 3. The Morgan fingerprint density at radius 1 is 1.06 bits per heavy atom. The van der Waals surface area contributed by atoms with Crippen LogP contribution in [0.25, 0.3) is 28.2 Å². The molecule has 0 radical (unpaired) electrons. The molecule has 2 aromatic carbocycles. The number of nitriles is 1. The van der Waals surface area contributed by atoms with E-state index in [1.807, 2.05) is 19.1 Å². The number of aromatic nitrogens is 3. The van der Waals surface area contributed by atoms with Crippen LogP contribution in [0.4, 0.5) is 5.82 Å². The van der Waals surface area contributed by atoms with Crippen molar-refractivity contribution < 1.29 is 13.5 Å². The van der Waals surface area contributed by atoms with Gasteiger partial charge in [-0.3, -0.25) is 0 Å². The molecule has 2 aromatic heterocycles. The first-order chi connectivity index (χ1) is 17.2. The highest BCUT2D eigenvalue weighted by atomic mass is 32.2. The number of hydrogen-bond acceptors (Lipinski definition) is 7. The van der Waals surface area contributed by atoms with E-state index in [9.17, 15) is 13.5 Å². The summed E-state index contributed by atoms with van der Waals surface area (Å²) in [6, 6.07) is 13.9. The Kier molecular flexibility index (Phi) is 6.22. The lowest BCUT2D eigenvalue weighted by molar-refractivity contribution is 0.120. The summed E-state index contributed by atoms with van der Waals surface area (Å²) in [6.07, 6.45) is 5.65. The van der Waals surface area contributed by atoms with Gasteiger partial charge in [-0.25, -0.2) is 23.1 Å². The van der Waals surface area contributed by atoms with Crippen molar-refractivity contribution in [3.63, 3.8) is 0 Å². The maximum absolute atomic E-state index is 13.1. The highest BCUT2D eigenvalue weighted by Crippen LogP contribution is 2.29. The summed E-state index contributed by atoms with van der Waals surface area (Å²) < 4.78 is 30.8. The number of imidazole rings is 1. The van der Waals surface area contributed by atoms with Crippen LogP contribution in [0.15, 0.2) is 59.8 Å². The second-order valence-corrected chi connectivity index (χ2v) is 10.9. The molecule has 4 N–H and O–H groups in total. The van der Waals surface area contributed by atoms with Gasteiger partial charge in [0.2, 0.25) is 10.0 Å².